The second kappa shape index (κ2) is 8.84. The molecule has 0 aliphatic rings. The molecule has 3 rings (SSSR count). The fourth-order valence-corrected chi connectivity index (χ4v) is 3.80. The Balaban J connectivity index is 1.81. The van der Waals surface area contributed by atoms with Crippen molar-refractivity contribution in [2.45, 2.75) is 11.8 Å². The number of carbonyl (C=O) groups is 1. The number of methoxy groups -OCH3 is 1. The third kappa shape index (κ3) is 5.17. The van der Waals surface area contributed by atoms with Crippen LogP contribution >= 0.6 is 0 Å². The minimum absolute atomic E-state index is 0.101. The Morgan fingerprint density at radius 1 is 1.03 bits per heavy atom. The predicted molar refractivity (Wildman–Crippen MR) is 116 cm³/mol. The molecular weight excluding hydrogens is 422 g/mol. The van der Waals surface area contributed by atoms with Gasteiger partial charge in [0.2, 0.25) is 0 Å². The van der Waals surface area contributed by atoms with Gasteiger partial charge in [-0.15, -0.1) is 0 Å². The van der Waals surface area contributed by atoms with Gasteiger partial charge in [-0.2, -0.15) is 0 Å². The maximum Gasteiger partial charge on any atom is 0.273 e. The van der Waals surface area contributed by atoms with Gasteiger partial charge in [0.05, 0.1) is 28.7 Å². The number of hydrogen-bond acceptors (Lipinski definition) is 6. The molecule has 0 bridgehead atoms. The lowest BCUT2D eigenvalue weighted by molar-refractivity contribution is -0.384. The first-order valence-electron chi connectivity index (χ1n) is 9.03. The number of ether oxygens (including phenoxy) is 1. The van der Waals surface area contributed by atoms with E-state index in [2.05, 4.69) is 10.0 Å². The molecule has 3 aromatic rings. The van der Waals surface area contributed by atoms with Crippen molar-refractivity contribution in [1.29, 1.82) is 0 Å². The maximum absolute atomic E-state index is 12.6. The fourth-order valence-electron chi connectivity index (χ4n) is 2.75. The van der Waals surface area contributed by atoms with Gasteiger partial charge >= 0.3 is 0 Å². The number of anilines is 2. The van der Waals surface area contributed by atoms with Crippen LogP contribution in [0.25, 0.3) is 0 Å². The molecule has 10 heteroatoms. The molecule has 160 valence electrons. The van der Waals surface area contributed by atoms with Gasteiger partial charge in [0.15, 0.2) is 0 Å². The summed E-state index contributed by atoms with van der Waals surface area (Å²) >= 11 is 0. The van der Waals surface area contributed by atoms with Crippen LogP contribution in [0, 0.1) is 17.0 Å². The van der Waals surface area contributed by atoms with Crippen LogP contribution in [0.5, 0.6) is 5.75 Å². The number of nitro benzene ring substituents is 1. The first-order valence-corrected chi connectivity index (χ1v) is 10.5. The molecule has 0 radical (unpaired) electrons. The first kappa shape index (κ1) is 21.8. The van der Waals surface area contributed by atoms with Crippen LogP contribution in [0.3, 0.4) is 0 Å². The van der Waals surface area contributed by atoms with E-state index in [4.69, 9.17) is 4.74 Å². The van der Waals surface area contributed by atoms with Gasteiger partial charge in [-0.05, 0) is 43.3 Å². The van der Waals surface area contributed by atoms with Gasteiger partial charge in [-0.1, -0.05) is 23.8 Å². The molecule has 0 atom stereocenters. The van der Waals surface area contributed by atoms with Crippen molar-refractivity contribution >= 4 is 33.0 Å². The standard InChI is InChI=1S/C21H19N3O6S/c1-14-6-9-18(10-7-14)31(28,29)23-16-5-3-4-15(12-16)21(25)22-19-11-8-17(24(26)27)13-20(19)30-2/h3-13,23H,1-2H3,(H,22,25). The number of hydrogen-bond donors (Lipinski definition) is 2. The Labute approximate surface area is 178 Å². The Hall–Kier alpha value is -3.92. The minimum atomic E-state index is -3.82. The lowest BCUT2D eigenvalue weighted by Gasteiger charge is -2.12. The second-order valence-corrected chi connectivity index (χ2v) is 8.28. The zero-order valence-corrected chi connectivity index (χ0v) is 17.5. The summed E-state index contributed by atoms with van der Waals surface area (Å²) in [5.41, 5.74) is 1.39. The van der Waals surface area contributed by atoms with Gasteiger partial charge in [0.25, 0.3) is 21.6 Å². The molecule has 0 aromatic heterocycles. The van der Waals surface area contributed by atoms with Crippen molar-refractivity contribution in [1.82, 2.24) is 0 Å². The molecule has 1 amide bonds. The largest absolute Gasteiger partial charge is 0.494 e. The Morgan fingerprint density at radius 2 is 1.74 bits per heavy atom. The predicted octanol–water partition coefficient (Wildman–Crippen LogP) is 3.96. The molecule has 31 heavy (non-hydrogen) atoms. The first-order chi connectivity index (χ1) is 14.7. The highest BCUT2D eigenvalue weighted by atomic mass is 32.2. The molecule has 0 aliphatic heterocycles. The van der Waals surface area contributed by atoms with Crippen LogP contribution in [0.2, 0.25) is 0 Å². The Morgan fingerprint density at radius 3 is 2.39 bits per heavy atom. The smallest absolute Gasteiger partial charge is 0.273 e. The SMILES string of the molecule is COc1cc([N+](=O)[O-])ccc1NC(=O)c1cccc(NS(=O)(=O)c2ccc(C)cc2)c1. The van der Waals surface area contributed by atoms with Crippen molar-refractivity contribution in [2.24, 2.45) is 0 Å². The van der Waals surface area contributed by atoms with Gasteiger partial charge in [-0.25, -0.2) is 8.42 Å². The van der Waals surface area contributed by atoms with Crippen molar-refractivity contribution in [3.63, 3.8) is 0 Å². The third-order valence-corrected chi connectivity index (χ3v) is 5.75. The number of amides is 1. The fraction of sp³-hybridized carbons (Fsp3) is 0.0952. The number of benzene rings is 3. The zero-order valence-electron chi connectivity index (χ0n) is 16.7. The van der Waals surface area contributed by atoms with Crippen LogP contribution in [-0.2, 0) is 10.0 Å². The van der Waals surface area contributed by atoms with E-state index < -0.39 is 20.9 Å². The van der Waals surface area contributed by atoms with E-state index in [1.807, 2.05) is 6.92 Å². The Kier molecular flexibility index (Phi) is 6.21. The van der Waals surface area contributed by atoms with Gasteiger partial charge in [-0.3, -0.25) is 19.6 Å². The van der Waals surface area contributed by atoms with Crippen LogP contribution in [-0.4, -0.2) is 26.4 Å². The number of nitrogens with zero attached hydrogens (tertiary/aromatic N) is 1. The molecule has 3 aromatic carbocycles. The second-order valence-electron chi connectivity index (χ2n) is 6.60. The summed E-state index contributed by atoms with van der Waals surface area (Å²) in [6.07, 6.45) is 0. The molecule has 0 fully saturated rings. The Bertz CT molecular complexity index is 1240. The highest BCUT2D eigenvalue weighted by molar-refractivity contribution is 7.92. The average Bonchev–Trinajstić information content (AvgIpc) is 2.74. The number of rotatable bonds is 7. The van der Waals surface area contributed by atoms with E-state index in [0.29, 0.717) is 0 Å². The van der Waals surface area contributed by atoms with Crippen LogP contribution in [0.15, 0.2) is 71.6 Å². The normalized spacial score (nSPS) is 10.9. The van der Waals surface area contributed by atoms with E-state index in [1.165, 1.54) is 61.7 Å². The topological polar surface area (TPSA) is 128 Å². The van der Waals surface area contributed by atoms with E-state index >= 15 is 0 Å². The van der Waals surface area contributed by atoms with Crippen LogP contribution in [0.1, 0.15) is 15.9 Å². The number of non-ortho nitro benzene ring substituents is 1. The van der Waals surface area contributed by atoms with Gasteiger partial charge < -0.3 is 10.1 Å². The molecule has 2 N–H and O–H groups in total. The quantitative estimate of drug-likeness (QED) is 0.422. The summed E-state index contributed by atoms with van der Waals surface area (Å²) in [6.45, 7) is 1.85. The maximum atomic E-state index is 12.6. The summed E-state index contributed by atoms with van der Waals surface area (Å²) in [5, 5.41) is 13.5. The number of nitro groups is 1. The highest BCUT2D eigenvalue weighted by Gasteiger charge is 2.17. The summed E-state index contributed by atoms with van der Waals surface area (Å²) in [6, 6.07) is 16.1. The number of sulfonamides is 1. The number of aryl methyl sites for hydroxylation is 1. The summed E-state index contributed by atoms with van der Waals surface area (Å²) in [7, 11) is -2.49. The van der Waals surface area contributed by atoms with Gasteiger partial charge in [0.1, 0.15) is 5.75 Å². The number of carbonyl (C=O) groups excluding carboxylic acids is 1. The summed E-state index contributed by atoms with van der Waals surface area (Å²) < 4.78 is 32.7. The van der Waals surface area contributed by atoms with E-state index in [9.17, 15) is 23.3 Å². The monoisotopic (exact) mass is 441 g/mol. The summed E-state index contributed by atoms with van der Waals surface area (Å²) in [5.74, 6) is -0.415. The van der Waals surface area contributed by atoms with E-state index in [1.54, 1.807) is 12.1 Å². The average molecular weight is 441 g/mol. The van der Waals surface area contributed by atoms with E-state index in [0.717, 1.165) is 5.56 Å². The van der Waals surface area contributed by atoms with Crippen molar-refractivity contribution < 1.29 is 22.9 Å². The van der Waals surface area contributed by atoms with E-state index in [-0.39, 0.29) is 33.3 Å². The highest BCUT2D eigenvalue weighted by Crippen LogP contribution is 2.29. The molecule has 0 heterocycles. The molecule has 0 saturated carbocycles. The van der Waals surface area contributed by atoms with Crippen LogP contribution in [0.4, 0.5) is 17.1 Å². The lowest BCUT2D eigenvalue weighted by Crippen LogP contribution is -2.15. The minimum Gasteiger partial charge on any atom is -0.494 e. The lowest BCUT2D eigenvalue weighted by atomic mass is 10.2. The summed E-state index contributed by atoms with van der Waals surface area (Å²) in [4.78, 5) is 23.1. The molecule has 9 nitrogen and oxygen atoms in total. The molecule has 0 aliphatic carbocycles. The van der Waals surface area contributed by atoms with Crippen molar-refractivity contribution in [2.75, 3.05) is 17.1 Å². The number of nitrogens with one attached hydrogen (secondary N) is 2. The molecular formula is C21H19N3O6S. The third-order valence-electron chi connectivity index (χ3n) is 4.35. The van der Waals surface area contributed by atoms with Crippen LogP contribution < -0.4 is 14.8 Å². The van der Waals surface area contributed by atoms with Crippen molar-refractivity contribution in [3.8, 4) is 5.75 Å². The van der Waals surface area contributed by atoms with Crippen molar-refractivity contribution in [3.05, 3.63) is 88.0 Å². The molecule has 0 saturated heterocycles. The molecule has 0 spiro atoms. The molecule has 0 unspecified atom stereocenters. The zero-order chi connectivity index (χ0) is 22.6. The van der Waals surface area contributed by atoms with Gasteiger partial charge in [0, 0.05) is 17.3 Å².